The zero-order chi connectivity index (χ0) is 42.0. The summed E-state index contributed by atoms with van der Waals surface area (Å²) < 4.78 is 53.9. The van der Waals surface area contributed by atoms with Gasteiger partial charge >= 0.3 is 11.9 Å². The van der Waals surface area contributed by atoms with E-state index >= 15 is 0 Å². The second kappa shape index (κ2) is 34.9. The lowest BCUT2D eigenvalue weighted by Gasteiger charge is -2.40. The predicted octanol–water partition coefficient (Wildman–Crippen LogP) is 8.84. The molecule has 13 heteroatoms. The number of aliphatic hydroxyl groups excluding tert-OH is 3. The molecule has 0 aromatic rings. The van der Waals surface area contributed by atoms with E-state index in [9.17, 15) is 37.9 Å². The molecule has 1 rings (SSSR count). The van der Waals surface area contributed by atoms with Crippen molar-refractivity contribution < 1.29 is 56.8 Å². The van der Waals surface area contributed by atoms with Crippen molar-refractivity contribution in [2.45, 2.75) is 224 Å². The number of hydrogen-bond acceptors (Lipinski definition) is 11. The third kappa shape index (κ3) is 29.9. The van der Waals surface area contributed by atoms with Gasteiger partial charge in [0.05, 0.1) is 6.61 Å². The highest BCUT2D eigenvalue weighted by Crippen LogP contribution is 2.24. The maximum absolute atomic E-state index is 12.8. The van der Waals surface area contributed by atoms with Crippen molar-refractivity contribution in [3.63, 3.8) is 0 Å². The first-order chi connectivity index (χ1) is 27.5. The molecule has 6 atom stereocenters. The third-order valence-electron chi connectivity index (χ3n) is 10.3. The van der Waals surface area contributed by atoms with Crippen LogP contribution in [0.5, 0.6) is 0 Å². The van der Waals surface area contributed by atoms with E-state index in [2.05, 4.69) is 32.1 Å². The molecule has 1 saturated heterocycles. The van der Waals surface area contributed by atoms with E-state index in [1.54, 1.807) is 0 Å². The van der Waals surface area contributed by atoms with Crippen LogP contribution in [0.25, 0.3) is 0 Å². The van der Waals surface area contributed by atoms with E-state index in [0.29, 0.717) is 12.8 Å². The van der Waals surface area contributed by atoms with Gasteiger partial charge in [0.2, 0.25) is 0 Å². The topological polar surface area (TPSA) is 186 Å². The van der Waals surface area contributed by atoms with E-state index in [1.165, 1.54) is 96.3 Å². The van der Waals surface area contributed by atoms with E-state index in [0.717, 1.165) is 51.4 Å². The van der Waals surface area contributed by atoms with Crippen LogP contribution in [0.4, 0.5) is 0 Å². The lowest BCUT2D eigenvalue weighted by atomic mass is 10.00. The van der Waals surface area contributed by atoms with Gasteiger partial charge in [-0.3, -0.25) is 14.1 Å². The van der Waals surface area contributed by atoms with Crippen molar-refractivity contribution in [2.24, 2.45) is 0 Å². The fourth-order valence-electron chi connectivity index (χ4n) is 6.75. The monoisotopic (exact) mass is 833 g/mol. The fraction of sp³-hybridized carbons (Fsp3) is 0.864. The Bertz CT molecular complexity index is 1160. The molecule has 4 N–H and O–H groups in total. The summed E-state index contributed by atoms with van der Waals surface area (Å²) in [6.07, 6.45) is 28.1. The molecule has 0 spiro atoms. The van der Waals surface area contributed by atoms with Crippen LogP contribution in [-0.2, 0) is 38.7 Å². The summed E-state index contributed by atoms with van der Waals surface area (Å²) in [6.45, 7) is 3.71. The third-order valence-corrected chi connectivity index (χ3v) is 11.0. The standard InChI is InChI=1S/C44H80O12S/c1-3-5-7-9-11-13-15-17-19-21-22-24-26-28-30-32-39(45)53-34-37(35-54-44-43(49)42(48)41(47)38(56-44)36-57(50,51)52)55-40(46)33-31-29-27-25-23-20-18-16-14-12-10-8-6-4-2/h16,18,26,28,37-38,41-44,47-49H,3-15,17,19-25,27,29-36H2,1-2H3,(H,50,51,52)/b18-16+,28-26+/t37-,38-,41-,42?,43?,44+/m1/s1. The predicted molar refractivity (Wildman–Crippen MR) is 224 cm³/mol. The molecule has 1 aliphatic rings. The minimum atomic E-state index is -4.60. The average molecular weight is 833 g/mol. The number of unbranched alkanes of at least 4 members (excludes halogenated alkanes) is 21. The zero-order valence-electron chi connectivity index (χ0n) is 35.4. The molecular weight excluding hydrogens is 753 g/mol. The molecule has 0 bridgehead atoms. The van der Waals surface area contributed by atoms with Crippen LogP contribution in [0.3, 0.4) is 0 Å². The molecule has 334 valence electrons. The molecule has 0 aromatic carbocycles. The Labute approximate surface area is 345 Å². The number of hydrogen-bond donors (Lipinski definition) is 4. The second-order valence-corrected chi connectivity index (χ2v) is 17.2. The van der Waals surface area contributed by atoms with Crippen molar-refractivity contribution in [1.82, 2.24) is 0 Å². The van der Waals surface area contributed by atoms with E-state index < -0.39 is 71.2 Å². The number of allylic oxidation sites excluding steroid dienone is 4. The number of rotatable bonds is 37. The number of ether oxygens (including phenoxy) is 4. The van der Waals surface area contributed by atoms with Gasteiger partial charge in [-0.1, -0.05) is 147 Å². The smallest absolute Gasteiger partial charge is 0.306 e. The van der Waals surface area contributed by atoms with Gasteiger partial charge in [0.1, 0.15) is 36.8 Å². The minimum Gasteiger partial charge on any atom is -0.462 e. The maximum atomic E-state index is 12.8. The van der Waals surface area contributed by atoms with Gasteiger partial charge in [0, 0.05) is 12.8 Å². The molecule has 57 heavy (non-hydrogen) atoms. The molecular formula is C44H80O12S. The number of esters is 2. The number of carbonyl (C=O) groups is 2. The molecule has 0 amide bonds. The lowest BCUT2D eigenvalue weighted by molar-refractivity contribution is -0.297. The molecule has 0 aliphatic carbocycles. The minimum absolute atomic E-state index is 0.136. The Morgan fingerprint density at radius 1 is 0.579 bits per heavy atom. The molecule has 0 saturated carbocycles. The van der Waals surface area contributed by atoms with Crippen molar-refractivity contribution in [1.29, 1.82) is 0 Å². The average Bonchev–Trinajstić information content (AvgIpc) is 3.17. The Balaban J connectivity index is 2.48. The quantitative estimate of drug-likeness (QED) is 0.0202. The van der Waals surface area contributed by atoms with Crippen LogP contribution >= 0.6 is 0 Å². The van der Waals surface area contributed by atoms with Crippen LogP contribution < -0.4 is 0 Å². The van der Waals surface area contributed by atoms with Crippen molar-refractivity contribution in [2.75, 3.05) is 19.0 Å². The van der Waals surface area contributed by atoms with E-state index in [1.807, 2.05) is 6.08 Å². The van der Waals surface area contributed by atoms with Gasteiger partial charge in [-0.15, -0.1) is 0 Å². The lowest BCUT2D eigenvalue weighted by Crippen LogP contribution is -2.60. The van der Waals surface area contributed by atoms with Gasteiger partial charge < -0.3 is 34.3 Å². The Hall–Kier alpha value is -1.87. The molecule has 1 aliphatic heterocycles. The zero-order valence-corrected chi connectivity index (χ0v) is 36.3. The highest BCUT2D eigenvalue weighted by molar-refractivity contribution is 7.85. The summed E-state index contributed by atoms with van der Waals surface area (Å²) in [4.78, 5) is 25.3. The first-order valence-corrected chi connectivity index (χ1v) is 24.0. The largest absolute Gasteiger partial charge is 0.462 e. The summed E-state index contributed by atoms with van der Waals surface area (Å²) in [5, 5.41) is 30.8. The summed E-state index contributed by atoms with van der Waals surface area (Å²) in [7, 11) is -4.60. The van der Waals surface area contributed by atoms with Crippen LogP contribution in [0, 0.1) is 0 Å². The van der Waals surface area contributed by atoms with Gasteiger partial charge in [0.15, 0.2) is 12.4 Å². The SMILES string of the molecule is CCCCCCC/C=C/CCCCCCCC(=O)O[C@H](COC(=O)CC/C=C/CCCCCCCCCCCCC)CO[C@H]1O[C@H](CS(=O)(=O)O)[C@@H](O)C(O)C1O. The highest BCUT2D eigenvalue weighted by Gasteiger charge is 2.46. The molecule has 1 heterocycles. The van der Waals surface area contributed by atoms with Crippen molar-refractivity contribution in [3.8, 4) is 0 Å². The van der Waals surface area contributed by atoms with Gasteiger partial charge in [-0.25, -0.2) is 0 Å². The normalized spacial score (nSPS) is 20.7. The molecule has 0 radical (unpaired) electrons. The summed E-state index contributed by atoms with van der Waals surface area (Å²) in [5.74, 6) is -2.05. The van der Waals surface area contributed by atoms with Crippen LogP contribution in [0.15, 0.2) is 24.3 Å². The summed E-state index contributed by atoms with van der Waals surface area (Å²) in [6, 6.07) is 0. The van der Waals surface area contributed by atoms with Gasteiger partial charge in [-0.2, -0.15) is 8.42 Å². The van der Waals surface area contributed by atoms with Crippen LogP contribution in [-0.4, -0.2) is 96.0 Å². The van der Waals surface area contributed by atoms with Crippen LogP contribution in [0.1, 0.15) is 187 Å². The first-order valence-electron chi connectivity index (χ1n) is 22.4. The van der Waals surface area contributed by atoms with E-state index in [-0.39, 0.29) is 19.4 Å². The Morgan fingerprint density at radius 2 is 1.04 bits per heavy atom. The Morgan fingerprint density at radius 3 is 1.53 bits per heavy atom. The van der Waals surface area contributed by atoms with Crippen LogP contribution in [0.2, 0.25) is 0 Å². The maximum Gasteiger partial charge on any atom is 0.306 e. The highest BCUT2D eigenvalue weighted by atomic mass is 32.2. The summed E-state index contributed by atoms with van der Waals surface area (Å²) >= 11 is 0. The molecule has 2 unspecified atom stereocenters. The molecule has 0 aromatic heterocycles. The first kappa shape index (κ1) is 53.1. The molecule has 1 fully saturated rings. The fourth-order valence-corrected chi connectivity index (χ4v) is 7.44. The van der Waals surface area contributed by atoms with E-state index in [4.69, 9.17) is 18.9 Å². The van der Waals surface area contributed by atoms with Gasteiger partial charge in [-0.05, 0) is 51.4 Å². The van der Waals surface area contributed by atoms with Crippen molar-refractivity contribution in [3.05, 3.63) is 24.3 Å². The van der Waals surface area contributed by atoms with Gasteiger partial charge in [0.25, 0.3) is 10.1 Å². The summed E-state index contributed by atoms with van der Waals surface area (Å²) in [5.41, 5.74) is 0. The second-order valence-electron chi connectivity index (χ2n) is 15.7. The van der Waals surface area contributed by atoms with Crippen molar-refractivity contribution >= 4 is 22.1 Å². The Kier molecular flexibility index (Phi) is 32.6. The number of carbonyl (C=O) groups excluding carboxylic acids is 2. The molecule has 12 nitrogen and oxygen atoms in total. The number of aliphatic hydroxyl groups is 3.